The summed E-state index contributed by atoms with van der Waals surface area (Å²) in [6.07, 6.45) is 0. The van der Waals surface area contributed by atoms with Crippen molar-refractivity contribution in [1.82, 2.24) is 10.2 Å². The van der Waals surface area contributed by atoms with Crippen molar-refractivity contribution in [3.8, 4) is 11.1 Å². The first-order valence-corrected chi connectivity index (χ1v) is 5.51. The summed E-state index contributed by atoms with van der Waals surface area (Å²) < 4.78 is 1.07. The quantitative estimate of drug-likeness (QED) is 0.877. The van der Waals surface area contributed by atoms with E-state index in [-0.39, 0.29) is 0 Å². The molecule has 0 radical (unpaired) electrons. The van der Waals surface area contributed by atoms with Crippen molar-refractivity contribution in [3.05, 3.63) is 40.1 Å². The Balaban J connectivity index is 2.52. The normalized spacial score (nSPS) is 10.6. The second-order valence-electron chi connectivity index (χ2n) is 3.38. The van der Waals surface area contributed by atoms with E-state index in [0.29, 0.717) is 6.54 Å². The summed E-state index contributed by atoms with van der Waals surface area (Å²) in [6.45, 7) is 2.46. The maximum Gasteiger partial charge on any atom is 0.0838 e. The van der Waals surface area contributed by atoms with E-state index >= 15 is 0 Å². The predicted octanol–water partition coefficient (Wildman–Crippen LogP) is 2.61. The van der Waals surface area contributed by atoms with Gasteiger partial charge in [-0.15, -0.1) is 0 Å². The van der Waals surface area contributed by atoms with Gasteiger partial charge in [-0.05, 0) is 24.6 Å². The third kappa shape index (κ3) is 1.96. The molecule has 0 aliphatic rings. The topological polar surface area (TPSA) is 54.7 Å². The molecule has 1 aromatic carbocycles. The average molecular weight is 266 g/mol. The SMILES string of the molecule is Cc1[nH]nc(CN)c1-c1ccc(Br)cc1. The highest BCUT2D eigenvalue weighted by Gasteiger charge is 2.10. The van der Waals surface area contributed by atoms with Gasteiger partial charge in [0.1, 0.15) is 0 Å². The maximum atomic E-state index is 5.64. The molecule has 0 bridgehead atoms. The van der Waals surface area contributed by atoms with E-state index in [9.17, 15) is 0 Å². The zero-order chi connectivity index (χ0) is 10.8. The van der Waals surface area contributed by atoms with E-state index in [4.69, 9.17) is 5.73 Å². The number of rotatable bonds is 2. The summed E-state index contributed by atoms with van der Waals surface area (Å²) in [5.74, 6) is 0. The van der Waals surface area contributed by atoms with Crippen molar-refractivity contribution in [2.75, 3.05) is 0 Å². The number of benzene rings is 1. The number of aromatic nitrogens is 2. The van der Waals surface area contributed by atoms with Gasteiger partial charge in [0, 0.05) is 22.3 Å². The summed E-state index contributed by atoms with van der Waals surface area (Å²) in [5, 5.41) is 7.13. The molecule has 4 heteroatoms. The van der Waals surface area contributed by atoms with Gasteiger partial charge in [-0.25, -0.2) is 0 Å². The summed E-state index contributed by atoms with van der Waals surface area (Å²) >= 11 is 3.41. The number of H-pyrrole nitrogens is 1. The molecule has 0 unspecified atom stereocenters. The minimum Gasteiger partial charge on any atom is -0.325 e. The van der Waals surface area contributed by atoms with Crippen molar-refractivity contribution in [2.45, 2.75) is 13.5 Å². The second-order valence-corrected chi connectivity index (χ2v) is 4.30. The van der Waals surface area contributed by atoms with E-state index in [2.05, 4.69) is 38.3 Å². The standard InChI is InChI=1S/C11H12BrN3/c1-7-11(10(6-13)15-14-7)8-2-4-9(12)5-3-8/h2-5H,6,13H2,1H3,(H,14,15). The molecule has 0 aliphatic heterocycles. The lowest BCUT2D eigenvalue weighted by molar-refractivity contribution is 0.940. The molecule has 0 fully saturated rings. The molecule has 15 heavy (non-hydrogen) atoms. The Morgan fingerprint density at radius 2 is 2.00 bits per heavy atom. The van der Waals surface area contributed by atoms with E-state index in [0.717, 1.165) is 27.0 Å². The maximum absolute atomic E-state index is 5.64. The molecule has 1 aromatic heterocycles. The smallest absolute Gasteiger partial charge is 0.0838 e. The van der Waals surface area contributed by atoms with Gasteiger partial charge >= 0.3 is 0 Å². The highest BCUT2D eigenvalue weighted by atomic mass is 79.9. The van der Waals surface area contributed by atoms with Crippen LogP contribution in [0.1, 0.15) is 11.4 Å². The molecular weight excluding hydrogens is 254 g/mol. The van der Waals surface area contributed by atoms with Crippen molar-refractivity contribution in [3.63, 3.8) is 0 Å². The molecule has 0 saturated carbocycles. The fraction of sp³-hybridized carbons (Fsp3) is 0.182. The first-order chi connectivity index (χ1) is 7.22. The van der Waals surface area contributed by atoms with Crippen molar-refractivity contribution in [2.24, 2.45) is 5.73 Å². The number of nitrogens with two attached hydrogens (primary N) is 1. The van der Waals surface area contributed by atoms with Gasteiger partial charge in [0.15, 0.2) is 0 Å². The Morgan fingerprint density at radius 3 is 2.60 bits per heavy atom. The molecule has 3 N–H and O–H groups in total. The first kappa shape index (κ1) is 10.4. The van der Waals surface area contributed by atoms with Crippen LogP contribution < -0.4 is 5.73 Å². The fourth-order valence-corrected chi connectivity index (χ4v) is 1.89. The van der Waals surface area contributed by atoms with Gasteiger partial charge in [0.2, 0.25) is 0 Å². The van der Waals surface area contributed by atoms with Crippen LogP contribution in [0, 0.1) is 6.92 Å². The molecule has 3 nitrogen and oxygen atoms in total. The minimum atomic E-state index is 0.454. The summed E-state index contributed by atoms with van der Waals surface area (Å²) in [5.41, 5.74) is 9.86. The van der Waals surface area contributed by atoms with E-state index in [1.807, 2.05) is 19.1 Å². The lowest BCUT2D eigenvalue weighted by Crippen LogP contribution is -1.98. The molecule has 0 spiro atoms. The Morgan fingerprint density at radius 1 is 1.33 bits per heavy atom. The molecular formula is C11H12BrN3. The highest BCUT2D eigenvalue weighted by Crippen LogP contribution is 2.26. The molecule has 0 amide bonds. The molecule has 2 aromatic rings. The van der Waals surface area contributed by atoms with E-state index < -0.39 is 0 Å². The summed E-state index contributed by atoms with van der Waals surface area (Å²) in [4.78, 5) is 0. The van der Waals surface area contributed by atoms with Crippen molar-refractivity contribution >= 4 is 15.9 Å². The monoisotopic (exact) mass is 265 g/mol. The largest absolute Gasteiger partial charge is 0.325 e. The highest BCUT2D eigenvalue weighted by molar-refractivity contribution is 9.10. The number of nitrogens with zero attached hydrogens (tertiary/aromatic N) is 1. The number of nitrogens with one attached hydrogen (secondary N) is 1. The molecule has 78 valence electrons. The Labute approximate surface area is 96.8 Å². The third-order valence-corrected chi connectivity index (χ3v) is 2.88. The Kier molecular flexibility index (Phi) is 2.88. The fourth-order valence-electron chi connectivity index (χ4n) is 1.63. The van der Waals surface area contributed by atoms with Gasteiger partial charge in [-0.1, -0.05) is 28.1 Å². The molecule has 0 atom stereocenters. The minimum absolute atomic E-state index is 0.454. The number of hydrogen-bond donors (Lipinski definition) is 2. The predicted molar refractivity (Wildman–Crippen MR) is 64.4 cm³/mol. The summed E-state index contributed by atoms with van der Waals surface area (Å²) in [7, 11) is 0. The van der Waals surface area contributed by atoms with Gasteiger partial charge in [0.25, 0.3) is 0 Å². The zero-order valence-electron chi connectivity index (χ0n) is 8.42. The van der Waals surface area contributed by atoms with Crippen LogP contribution in [0.4, 0.5) is 0 Å². The number of aromatic amines is 1. The zero-order valence-corrected chi connectivity index (χ0v) is 10.0. The molecule has 0 saturated heterocycles. The van der Waals surface area contributed by atoms with Crippen LogP contribution in [0.15, 0.2) is 28.7 Å². The van der Waals surface area contributed by atoms with Crippen LogP contribution in [0.2, 0.25) is 0 Å². The number of halogens is 1. The lowest BCUT2D eigenvalue weighted by atomic mass is 10.0. The van der Waals surface area contributed by atoms with Crippen LogP contribution in [-0.4, -0.2) is 10.2 Å². The van der Waals surface area contributed by atoms with Gasteiger partial charge in [0.05, 0.1) is 5.69 Å². The van der Waals surface area contributed by atoms with E-state index in [1.54, 1.807) is 0 Å². The average Bonchev–Trinajstić information content (AvgIpc) is 2.61. The first-order valence-electron chi connectivity index (χ1n) is 4.72. The van der Waals surface area contributed by atoms with Crippen molar-refractivity contribution in [1.29, 1.82) is 0 Å². The van der Waals surface area contributed by atoms with Crippen LogP contribution in [-0.2, 0) is 6.54 Å². The third-order valence-electron chi connectivity index (χ3n) is 2.35. The van der Waals surface area contributed by atoms with Crippen LogP contribution in [0.3, 0.4) is 0 Å². The van der Waals surface area contributed by atoms with Crippen LogP contribution in [0.5, 0.6) is 0 Å². The number of aryl methyl sites for hydroxylation is 1. The number of hydrogen-bond acceptors (Lipinski definition) is 2. The van der Waals surface area contributed by atoms with E-state index in [1.165, 1.54) is 0 Å². The molecule has 1 heterocycles. The van der Waals surface area contributed by atoms with Gasteiger partial charge < -0.3 is 5.73 Å². The molecule has 2 rings (SSSR count). The summed E-state index contributed by atoms with van der Waals surface area (Å²) in [6, 6.07) is 8.15. The Hall–Kier alpha value is -1.13. The Bertz CT molecular complexity index is 459. The van der Waals surface area contributed by atoms with Crippen LogP contribution >= 0.6 is 15.9 Å². The van der Waals surface area contributed by atoms with Crippen molar-refractivity contribution < 1.29 is 0 Å². The second kappa shape index (κ2) is 4.16. The van der Waals surface area contributed by atoms with Gasteiger partial charge in [-0.2, -0.15) is 5.10 Å². The van der Waals surface area contributed by atoms with Gasteiger partial charge in [-0.3, -0.25) is 5.10 Å². The lowest BCUT2D eigenvalue weighted by Gasteiger charge is -2.02. The van der Waals surface area contributed by atoms with Crippen LogP contribution in [0.25, 0.3) is 11.1 Å². The molecule has 0 aliphatic carbocycles.